The van der Waals surface area contributed by atoms with E-state index in [-0.39, 0.29) is 0 Å². The first kappa shape index (κ1) is 11.0. The lowest BCUT2D eigenvalue weighted by atomic mass is 10.2. The van der Waals surface area contributed by atoms with Gasteiger partial charge in [-0.1, -0.05) is 0 Å². The molecule has 0 amide bonds. The van der Waals surface area contributed by atoms with Crippen molar-refractivity contribution < 1.29 is 4.74 Å². The number of nitrogen functional groups attached to an aromatic ring is 1. The molecule has 0 saturated carbocycles. The summed E-state index contributed by atoms with van der Waals surface area (Å²) in [5.41, 5.74) is 7.47. The highest BCUT2D eigenvalue weighted by Gasteiger charge is 2.02. The van der Waals surface area contributed by atoms with Gasteiger partial charge in [-0.15, -0.1) is 0 Å². The van der Waals surface area contributed by atoms with Crippen LogP contribution in [0.15, 0.2) is 36.5 Å². The van der Waals surface area contributed by atoms with Crippen LogP contribution in [-0.4, -0.2) is 4.98 Å². The van der Waals surface area contributed by atoms with Crippen LogP contribution < -0.4 is 10.5 Å². The molecular weight excluding hydrogens is 214 g/mol. The van der Waals surface area contributed by atoms with Gasteiger partial charge in [-0.2, -0.15) is 5.26 Å². The van der Waals surface area contributed by atoms with Gasteiger partial charge in [-0.25, -0.2) is 0 Å². The zero-order valence-electron chi connectivity index (χ0n) is 9.34. The smallest absolute Gasteiger partial charge is 0.145 e. The number of nitrogens with two attached hydrogens (primary N) is 1. The number of rotatable bonds is 2. The highest BCUT2D eigenvalue weighted by molar-refractivity contribution is 5.57. The molecule has 0 spiro atoms. The Morgan fingerprint density at radius 3 is 2.59 bits per heavy atom. The molecular formula is C13H11N3O. The summed E-state index contributed by atoms with van der Waals surface area (Å²) in [6.45, 7) is 1.91. The largest absolute Gasteiger partial charge is 0.456 e. The molecule has 1 heterocycles. The summed E-state index contributed by atoms with van der Waals surface area (Å²) in [6, 6.07) is 10.7. The van der Waals surface area contributed by atoms with Crippen molar-refractivity contribution in [2.45, 2.75) is 6.92 Å². The van der Waals surface area contributed by atoms with Gasteiger partial charge >= 0.3 is 0 Å². The van der Waals surface area contributed by atoms with Crippen LogP contribution in [0.4, 0.5) is 5.69 Å². The summed E-state index contributed by atoms with van der Waals surface area (Å²) in [6.07, 6.45) is 1.64. The Morgan fingerprint density at radius 2 is 2.00 bits per heavy atom. The number of aryl methyl sites for hydroxylation is 1. The third kappa shape index (κ3) is 2.52. The van der Waals surface area contributed by atoms with Gasteiger partial charge in [0.25, 0.3) is 0 Å². The number of anilines is 1. The lowest BCUT2D eigenvalue weighted by molar-refractivity contribution is 0.480. The first-order chi connectivity index (χ1) is 8.19. The Kier molecular flexibility index (Phi) is 2.93. The zero-order chi connectivity index (χ0) is 12.3. The number of ether oxygens (including phenoxy) is 1. The molecule has 17 heavy (non-hydrogen) atoms. The summed E-state index contributed by atoms with van der Waals surface area (Å²) in [4.78, 5) is 4.12. The van der Waals surface area contributed by atoms with Crippen LogP contribution in [0.3, 0.4) is 0 Å². The summed E-state index contributed by atoms with van der Waals surface area (Å²) in [5.74, 6) is 1.23. The molecule has 0 bridgehead atoms. The van der Waals surface area contributed by atoms with Gasteiger partial charge in [0.1, 0.15) is 17.6 Å². The highest BCUT2D eigenvalue weighted by Crippen LogP contribution is 2.24. The maximum absolute atomic E-state index is 8.75. The van der Waals surface area contributed by atoms with Crippen molar-refractivity contribution in [1.82, 2.24) is 4.98 Å². The van der Waals surface area contributed by atoms with Gasteiger partial charge in [0.2, 0.25) is 0 Å². The first-order valence-electron chi connectivity index (χ1n) is 5.09. The molecule has 0 unspecified atom stereocenters. The van der Waals surface area contributed by atoms with Crippen molar-refractivity contribution >= 4 is 5.69 Å². The fraction of sp³-hybridized carbons (Fsp3) is 0.0769. The van der Waals surface area contributed by atoms with Gasteiger partial charge in [-0.3, -0.25) is 4.98 Å². The maximum atomic E-state index is 8.75. The third-order valence-corrected chi connectivity index (χ3v) is 2.26. The molecule has 0 aliphatic carbocycles. The number of benzene rings is 1. The summed E-state index contributed by atoms with van der Waals surface area (Å²) < 4.78 is 5.56. The van der Waals surface area contributed by atoms with Crippen molar-refractivity contribution in [3.05, 3.63) is 47.8 Å². The Bertz CT molecular complexity index is 570. The minimum Gasteiger partial charge on any atom is -0.456 e. The molecule has 4 nitrogen and oxygen atoms in total. The molecule has 4 heteroatoms. The molecule has 0 radical (unpaired) electrons. The minimum absolute atomic E-state index is 0.407. The van der Waals surface area contributed by atoms with Gasteiger partial charge in [0, 0.05) is 11.8 Å². The van der Waals surface area contributed by atoms with E-state index >= 15 is 0 Å². The van der Waals surface area contributed by atoms with E-state index in [1.54, 1.807) is 24.4 Å². The van der Waals surface area contributed by atoms with Crippen molar-refractivity contribution in [3.8, 4) is 17.6 Å². The second-order valence-electron chi connectivity index (χ2n) is 3.60. The molecule has 0 fully saturated rings. The molecule has 2 rings (SSSR count). The Balaban J connectivity index is 2.22. The van der Waals surface area contributed by atoms with Crippen LogP contribution >= 0.6 is 0 Å². The van der Waals surface area contributed by atoms with Crippen LogP contribution in [0.5, 0.6) is 11.5 Å². The molecule has 0 aliphatic rings. The van der Waals surface area contributed by atoms with E-state index in [4.69, 9.17) is 15.7 Å². The topological polar surface area (TPSA) is 71.9 Å². The average Bonchev–Trinajstić information content (AvgIpc) is 2.32. The van der Waals surface area contributed by atoms with E-state index in [1.165, 1.54) is 0 Å². The molecule has 1 aromatic carbocycles. The normalized spacial score (nSPS) is 9.65. The number of hydrogen-bond donors (Lipinski definition) is 1. The minimum atomic E-state index is 0.407. The van der Waals surface area contributed by atoms with Gasteiger partial charge in [-0.05, 0) is 31.2 Å². The fourth-order valence-electron chi connectivity index (χ4n) is 1.36. The van der Waals surface area contributed by atoms with E-state index in [0.717, 1.165) is 5.69 Å². The van der Waals surface area contributed by atoms with Gasteiger partial charge < -0.3 is 10.5 Å². The number of nitriles is 1. The van der Waals surface area contributed by atoms with E-state index in [1.807, 2.05) is 25.1 Å². The molecule has 0 aliphatic heterocycles. The van der Waals surface area contributed by atoms with Crippen LogP contribution in [0.1, 0.15) is 11.3 Å². The maximum Gasteiger partial charge on any atom is 0.145 e. The van der Waals surface area contributed by atoms with Gasteiger partial charge in [0.05, 0.1) is 17.4 Å². The van der Waals surface area contributed by atoms with E-state index in [0.29, 0.717) is 22.7 Å². The highest BCUT2D eigenvalue weighted by atomic mass is 16.5. The summed E-state index contributed by atoms with van der Waals surface area (Å²) in [7, 11) is 0. The fourth-order valence-corrected chi connectivity index (χ4v) is 1.36. The van der Waals surface area contributed by atoms with Crippen molar-refractivity contribution in [1.29, 1.82) is 5.26 Å². The molecule has 0 atom stereocenters. The van der Waals surface area contributed by atoms with E-state index in [2.05, 4.69) is 4.98 Å². The molecule has 84 valence electrons. The second-order valence-corrected chi connectivity index (χ2v) is 3.60. The number of aromatic nitrogens is 1. The quantitative estimate of drug-likeness (QED) is 0.797. The number of nitrogens with zero attached hydrogens (tertiary/aromatic N) is 2. The predicted molar refractivity (Wildman–Crippen MR) is 64.6 cm³/mol. The average molecular weight is 225 g/mol. The van der Waals surface area contributed by atoms with E-state index in [9.17, 15) is 0 Å². The third-order valence-electron chi connectivity index (χ3n) is 2.26. The standard InChI is InChI=1S/C13H11N3O/c1-9-2-4-12(8-16-9)17-11-5-3-10(7-14)13(15)6-11/h2-6,8H,15H2,1H3. The molecule has 1 aromatic heterocycles. The molecule has 2 N–H and O–H groups in total. The lowest BCUT2D eigenvalue weighted by Gasteiger charge is -2.06. The Labute approximate surface area is 99.3 Å². The number of pyridine rings is 1. The van der Waals surface area contributed by atoms with Crippen molar-refractivity contribution in [2.24, 2.45) is 0 Å². The van der Waals surface area contributed by atoms with Gasteiger partial charge in [0.15, 0.2) is 0 Å². The van der Waals surface area contributed by atoms with E-state index < -0.39 is 0 Å². The first-order valence-corrected chi connectivity index (χ1v) is 5.09. The Hall–Kier alpha value is -2.54. The summed E-state index contributed by atoms with van der Waals surface area (Å²) in [5, 5.41) is 8.75. The monoisotopic (exact) mass is 225 g/mol. The molecule has 0 saturated heterocycles. The SMILES string of the molecule is Cc1ccc(Oc2ccc(C#N)c(N)c2)cn1. The van der Waals surface area contributed by atoms with Crippen LogP contribution in [0.2, 0.25) is 0 Å². The summed E-state index contributed by atoms with van der Waals surface area (Å²) >= 11 is 0. The van der Waals surface area contributed by atoms with Crippen molar-refractivity contribution in [2.75, 3.05) is 5.73 Å². The van der Waals surface area contributed by atoms with Crippen LogP contribution in [-0.2, 0) is 0 Å². The molecule has 2 aromatic rings. The predicted octanol–water partition coefficient (Wildman–Crippen LogP) is 2.64. The number of hydrogen-bond acceptors (Lipinski definition) is 4. The van der Waals surface area contributed by atoms with Crippen molar-refractivity contribution in [3.63, 3.8) is 0 Å². The second kappa shape index (κ2) is 4.54. The van der Waals surface area contributed by atoms with Crippen LogP contribution in [0.25, 0.3) is 0 Å². The Morgan fingerprint density at radius 1 is 1.24 bits per heavy atom. The lowest BCUT2D eigenvalue weighted by Crippen LogP contribution is -1.92. The van der Waals surface area contributed by atoms with Crippen LogP contribution in [0, 0.1) is 18.3 Å². The zero-order valence-corrected chi connectivity index (χ0v) is 9.34.